The number of hydrogen-bond acceptors (Lipinski definition) is 4. The Morgan fingerprint density at radius 3 is 2.71 bits per heavy atom. The minimum Gasteiger partial charge on any atom is -0.476 e. The summed E-state index contributed by atoms with van der Waals surface area (Å²) in [4.78, 5) is 27.6. The Morgan fingerprint density at radius 1 is 1.14 bits per heavy atom. The minimum atomic E-state index is -1.18. The maximum Gasteiger partial charge on any atom is 0.356 e. The van der Waals surface area contributed by atoms with Gasteiger partial charge in [0.15, 0.2) is 5.69 Å². The van der Waals surface area contributed by atoms with Crippen LogP contribution >= 0.6 is 11.3 Å². The van der Waals surface area contributed by atoms with Gasteiger partial charge in [-0.3, -0.25) is 4.79 Å². The van der Waals surface area contributed by atoms with Gasteiger partial charge in [-0.25, -0.2) is 9.78 Å². The number of fused-ring (bicyclic) bond motifs is 1. The molecular formula is C15H10N2O3S. The number of hydrogen-bond donors (Lipinski definition) is 2. The fourth-order valence-corrected chi connectivity index (χ4v) is 2.91. The number of amides is 1. The summed E-state index contributed by atoms with van der Waals surface area (Å²) >= 11 is 1.36. The molecule has 0 bridgehead atoms. The van der Waals surface area contributed by atoms with E-state index < -0.39 is 5.97 Å². The Labute approximate surface area is 123 Å². The first-order chi connectivity index (χ1) is 10.1. The summed E-state index contributed by atoms with van der Waals surface area (Å²) in [5, 5.41) is 12.6. The van der Waals surface area contributed by atoms with Crippen LogP contribution in [0.25, 0.3) is 10.1 Å². The van der Waals surface area contributed by atoms with Crippen molar-refractivity contribution in [1.29, 1.82) is 0 Å². The first kappa shape index (κ1) is 13.3. The molecule has 0 spiro atoms. The van der Waals surface area contributed by atoms with Gasteiger partial charge in [-0.2, -0.15) is 0 Å². The van der Waals surface area contributed by atoms with Crippen molar-refractivity contribution in [2.24, 2.45) is 0 Å². The molecule has 104 valence electrons. The molecule has 0 fully saturated rings. The van der Waals surface area contributed by atoms with Crippen LogP contribution < -0.4 is 5.32 Å². The highest BCUT2D eigenvalue weighted by molar-refractivity contribution is 7.20. The Balaban J connectivity index is 1.91. The number of thiophene rings is 1. The fourth-order valence-electron chi connectivity index (χ4n) is 1.95. The largest absolute Gasteiger partial charge is 0.476 e. The van der Waals surface area contributed by atoms with Crippen LogP contribution in [0.2, 0.25) is 0 Å². The third-order valence-electron chi connectivity index (χ3n) is 2.91. The number of aromatic nitrogens is 1. The molecule has 0 unspecified atom stereocenters. The van der Waals surface area contributed by atoms with Crippen molar-refractivity contribution in [3.05, 3.63) is 59.2 Å². The molecule has 3 rings (SSSR count). The molecule has 5 nitrogen and oxygen atoms in total. The number of anilines is 1. The highest BCUT2D eigenvalue weighted by Crippen LogP contribution is 2.26. The van der Waals surface area contributed by atoms with E-state index in [0.717, 1.165) is 10.1 Å². The first-order valence-corrected chi connectivity index (χ1v) is 6.95. The number of carboxylic acids is 1. The number of carboxylic acid groups (broad SMARTS) is 1. The van der Waals surface area contributed by atoms with Gasteiger partial charge in [0.2, 0.25) is 0 Å². The van der Waals surface area contributed by atoms with Crippen molar-refractivity contribution >= 4 is 39.0 Å². The van der Waals surface area contributed by atoms with Crippen LogP contribution in [0, 0.1) is 0 Å². The molecule has 21 heavy (non-hydrogen) atoms. The number of nitrogens with zero attached hydrogens (tertiary/aromatic N) is 1. The van der Waals surface area contributed by atoms with E-state index >= 15 is 0 Å². The number of rotatable bonds is 3. The normalized spacial score (nSPS) is 10.5. The molecule has 2 N–H and O–H groups in total. The van der Waals surface area contributed by atoms with Gasteiger partial charge < -0.3 is 10.4 Å². The third-order valence-corrected chi connectivity index (χ3v) is 4.02. The van der Waals surface area contributed by atoms with Crippen molar-refractivity contribution in [3.63, 3.8) is 0 Å². The van der Waals surface area contributed by atoms with Crippen LogP contribution in [0.1, 0.15) is 20.2 Å². The SMILES string of the molecule is O=C(Nc1cccnc1C(=O)O)c1cc2ccccc2s1. The zero-order valence-electron chi connectivity index (χ0n) is 10.7. The number of aromatic carboxylic acids is 1. The molecule has 0 aliphatic carbocycles. The number of pyridine rings is 1. The third kappa shape index (κ3) is 2.61. The Bertz CT molecular complexity index is 809. The Morgan fingerprint density at radius 2 is 1.95 bits per heavy atom. The summed E-state index contributed by atoms with van der Waals surface area (Å²) in [5.74, 6) is -1.52. The highest BCUT2D eigenvalue weighted by Gasteiger charge is 2.15. The molecule has 3 aromatic rings. The van der Waals surface area contributed by atoms with E-state index in [4.69, 9.17) is 5.11 Å². The monoisotopic (exact) mass is 298 g/mol. The van der Waals surface area contributed by atoms with Crippen molar-refractivity contribution < 1.29 is 14.7 Å². The summed E-state index contributed by atoms with van der Waals surface area (Å²) in [6.45, 7) is 0. The van der Waals surface area contributed by atoms with E-state index in [2.05, 4.69) is 10.3 Å². The molecule has 6 heteroatoms. The maximum absolute atomic E-state index is 12.2. The molecule has 2 aromatic heterocycles. The first-order valence-electron chi connectivity index (χ1n) is 6.13. The molecule has 0 saturated carbocycles. The maximum atomic E-state index is 12.2. The summed E-state index contributed by atoms with van der Waals surface area (Å²) < 4.78 is 1.01. The average Bonchev–Trinajstić information content (AvgIpc) is 2.91. The van der Waals surface area contributed by atoms with Gasteiger partial charge in [-0.1, -0.05) is 18.2 Å². The standard InChI is InChI=1S/C15H10N2O3S/c18-14(12-8-9-4-1-2-6-11(9)21-12)17-10-5-3-7-16-13(10)15(19)20/h1-8H,(H,17,18)(H,19,20). The molecule has 0 aliphatic rings. The Kier molecular flexibility index (Phi) is 3.37. The van der Waals surface area contributed by atoms with Gasteiger partial charge in [0.1, 0.15) is 0 Å². The second kappa shape index (κ2) is 5.34. The van der Waals surface area contributed by atoms with Gasteiger partial charge in [-0.15, -0.1) is 11.3 Å². The summed E-state index contributed by atoms with van der Waals surface area (Å²) in [6.07, 6.45) is 1.37. The topological polar surface area (TPSA) is 79.3 Å². The fraction of sp³-hybridized carbons (Fsp3) is 0. The lowest BCUT2D eigenvalue weighted by Gasteiger charge is -2.05. The van der Waals surface area contributed by atoms with Crippen LogP contribution in [0.4, 0.5) is 5.69 Å². The second-order valence-electron chi connectivity index (χ2n) is 4.31. The van der Waals surface area contributed by atoms with E-state index in [1.54, 1.807) is 12.1 Å². The lowest BCUT2D eigenvalue weighted by molar-refractivity contribution is 0.0692. The molecule has 0 atom stereocenters. The second-order valence-corrected chi connectivity index (χ2v) is 5.39. The number of benzene rings is 1. The number of carbonyl (C=O) groups is 2. The molecule has 0 saturated heterocycles. The molecule has 2 heterocycles. The van der Waals surface area contributed by atoms with Crippen molar-refractivity contribution in [1.82, 2.24) is 4.98 Å². The van der Waals surface area contributed by atoms with Crippen molar-refractivity contribution in [2.45, 2.75) is 0 Å². The van der Waals surface area contributed by atoms with E-state index in [1.165, 1.54) is 23.6 Å². The average molecular weight is 298 g/mol. The van der Waals surface area contributed by atoms with E-state index in [1.807, 2.05) is 24.3 Å². The van der Waals surface area contributed by atoms with Crippen LogP contribution in [0.5, 0.6) is 0 Å². The molecule has 1 amide bonds. The quantitative estimate of drug-likeness (QED) is 0.778. The molecule has 1 aromatic carbocycles. The molecule has 0 radical (unpaired) electrons. The number of carbonyl (C=O) groups excluding carboxylic acids is 1. The van der Waals surface area contributed by atoms with Crippen molar-refractivity contribution in [2.75, 3.05) is 5.32 Å². The summed E-state index contributed by atoms with van der Waals surface area (Å²) in [6, 6.07) is 12.5. The van der Waals surface area contributed by atoms with E-state index in [-0.39, 0.29) is 17.3 Å². The highest BCUT2D eigenvalue weighted by atomic mass is 32.1. The summed E-state index contributed by atoms with van der Waals surface area (Å²) in [5.41, 5.74) is 0.0133. The van der Waals surface area contributed by atoms with Gasteiger partial charge in [-0.05, 0) is 29.7 Å². The zero-order valence-corrected chi connectivity index (χ0v) is 11.6. The summed E-state index contributed by atoms with van der Waals surface area (Å²) in [7, 11) is 0. The predicted molar refractivity (Wildman–Crippen MR) is 81.0 cm³/mol. The van der Waals surface area contributed by atoms with E-state index in [9.17, 15) is 9.59 Å². The van der Waals surface area contributed by atoms with Crippen molar-refractivity contribution in [3.8, 4) is 0 Å². The van der Waals surface area contributed by atoms with Crippen LogP contribution in [-0.2, 0) is 0 Å². The van der Waals surface area contributed by atoms with Crippen LogP contribution in [0.15, 0.2) is 48.7 Å². The molecule has 0 aliphatic heterocycles. The lowest BCUT2D eigenvalue weighted by atomic mass is 10.2. The zero-order chi connectivity index (χ0) is 14.8. The lowest BCUT2D eigenvalue weighted by Crippen LogP contribution is -2.14. The van der Waals surface area contributed by atoms with E-state index in [0.29, 0.717) is 4.88 Å². The van der Waals surface area contributed by atoms with Gasteiger partial charge in [0.25, 0.3) is 5.91 Å². The number of nitrogens with one attached hydrogen (secondary N) is 1. The predicted octanol–water partition coefficient (Wildman–Crippen LogP) is 3.25. The smallest absolute Gasteiger partial charge is 0.356 e. The Hall–Kier alpha value is -2.73. The molecular weight excluding hydrogens is 288 g/mol. The van der Waals surface area contributed by atoms with Crippen LogP contribution in [-0.4, -0.2) is 22.0 Å². The van der Waals surface area contributed by atoms with Gasteiger partial charge in [0.05, 0.1) is 10.6 Å². The van der Waals surface area contributed by atoms with Gasteiger partial charge >= 0.3 is 5.97 Å². The minimum absolute atomic E-state index is 0.174. The van der Waals surface area contributed by atoms with Crippen LogP contribution in [0.3, 0.4) is 0 Å². The van der Waals surface area contributed by atoms with Gasteiger partial charge in [0, 0.05) is 10.9 Å².